The first-order valence-electron chi connectivity index (χ1n) is 16.8. The first-order chi connectivity index (χ1) is 24.6. The van der Waals surface area contributed by atoms with Crippen molar-refractivity contribution in [2.45, 2.75) is 46.6 Å². The number of aldehydes is 1. The SMILES string of the molecule is C.C.NCC1CC1.O=Cc1ccc(Cl)cc1.Oc1ccc2ccc(Br)cc2c1.Oc1ccc2ccc(Br)cc2c1C(NCC1CC1)c1ccc(Cl)cc1. The van der Waals surface area contributed by atoms with Crippen molar-refractivity contribution in [2.24, 2.45) is 17.6 Å². The van der Waals surface area contributed by atoms with E-state index < -0.39 is 0 Å². The third-order valence-corrected chi connectivity index (χ3v) is 10.1. The molecule has 8 rings (SSSR count). The van der Waals surface area contributed by atoms with Crippen LogP contribution in [0.15, 0.2) is 124 Å². The minimum atomic E-state index is -0.0733. The minimum Gasteiger partial charge on any atom is -0.508 e. The van der Waals surface area contributed by atoms with Gasteiger partial charge < -0.3 is 21.3 Å². The number of carbonyl (C=O) groups is 1. The number of rotatable bonds is 7. The van der Waals surface area contributed by atoms with Crippen LogP contribution in [0.1, 0.15) is 68.1 Å². The van der Waals surface area contributed by atoms with E-state index in [1.807, 2.05) is 60.7 Å². The van der Waals surface area contributed by atoms with Crippen LogP contribution in [0, 0.1) is 11.8 Å². The molecule has 0 radical (unpaired) electrons. The van der Waals surface area contributed by atoms with Crippen molar-refractivity contribution >= 4 is 82.9 Å². The van der Waals surface area contributed by atoms with Gasteiger partial charge in [0.15, 0.2) is 0 Å². The van der Waals surface area contributed by atoms with Gasteiger partial charge in [0.25, 0.3) is 0 Å². The van der Waals surface area contributed by atoms with E-state index in [-0.39, 0.29) is 20.9 Å². The number of halogens is 4. The Balaban J connectivity index is 0.000000224. The van der Waals surface area contributed by atoms with Gasteiger partial charge in [-0.3, -0.25) is 4.79 Å². The summed E-state index contributed by atoms with van der Waals surface area (Å²) in [5.41, 5.74) is 7.91. The zero-order chi connectivity index (χ0) is 36.3. The molecule has 2 fully saturated rings. The molecule has 5 N–H and O–H groups in total. The number of benzene rings is 6. The molecule has 0 saturated heterocycles. The Kier molecular flexibility index (Phi) is 17.8. The smallest absolute Gasteiger partial charge is 0.150 e. The van der Waals surface area contributed by atoms with E-state index in [0.717, 1.165) is 77.9 Å². The standard InChI is InChI=1S/C21H19BrClNO.C10H7BrO.C7H5ClO.C4H9N.2CH4/c22-16-7-3-14-6-10-19(25)20(18(14)11-16)21(24-12-13-1-2-13)15-4-8-17(23)9-5-15;11-9-3-1-7-2-4-10(12)6-8(7)5-9;8-7-3-1-6(5-9)2-4-7;5-3-4-1-2-4;;/h3-11,13,21,24-25H,1-2,12H2;1-6,12H;1-5H;4H,1-3,5H2;2*1H4. The molecule has 0 aromatic heterocycles. The van der Waals surface area contributed by atoms with Gasteiger partial charge in [-0.25, -0.2) is 0 Å². The first kappa shape index (κ1) is 44.0. The fourth-order valence-corrected chi connectivity index (χ4v) is 6.35. The lowest BCUT2D eigenvalue weighted by atomic mass is 9.92. The third-order valence-electron chi connectivity index (χ3n) is 8.62. The molecule has 2 aliphatic rings. The van der Waals surface area contributed by atoms with Gasteiger partial charge in [0.1, 0.15) is 17.8 Å². The van der Waals surface area contributed by atoms with Crippen LogP contribution in [0.2, 0.25) is 10.0 Å². The summed E-state index contributed by atoms with van der Waals surface area (Å²) in [5.74, 6) is 2.28. The van der Waals surface area contributed by atoms with Gasteiger partial charge in [-0.05, 0) is 144 Å². The van der Waals surface area contributed by atoms with E-state index in [0.29, 0.717) is 22.1 Å². The Bertz CT molecular complexity index is 2010. The van der Waals surface area contributed by atoms with Crippen LogP contribution in [0.4, 0.5) is 0 Å². The molecule has 1 atom stereocenters. The molecule has 9 heteroatoms. The molecular weight excluding hydrogens is 835 g/mol. The number of nitrogens with one attached hydrogen (secondary N) is 1. The molecule has 0 amide bonds. The number of carbonyl (C=O) groups excluding carboxylic acids is 1. The van der Waals surface area contributed by atoms with E-state index in [4.69, 9.17) is 28.9 Å². The molecule has 2 saturated carbocycles. The Hall–Kier alpha value is -3.43. The van der Waals surface area contributed by atoms with Crippen molar-refractivity contribution in [2.75, 3.05) is 13.1 Å². The number of hydrogen-bond acceptors (Lipinski definition) is 5. The molecule has 0 aliphatic heterocycles. The predicted octanol–water partition coefficient (Wildman–Crippen LogP) is 13.1. The van der Waals surface area contributed by atoms with Crippen molar-refractivity contribution in [1.29, 1.82) is 0 Å². The van der Waals surface area contributed by atoms with Crippen LogP contribution >= 0.6 is 55.1 Å². The molecule has 0 bridgehead atoms. The second-order valence-electron chi connectivity index (χ2n) is 12.7. The molecule has 5 nitrogen and oxygen atoms in total. The van der Waals surface area contributed by atoms with Gasteiger partial charge in [0, 0.05) is 30.1 Å². The van der Waals surface area contributed by atoms with Gasteiger partial charge in [0.2, 0.25) is 0 Å². The highest BCUT2D eigenvalue weighted by Crippen LogP contribution is 2.38. The number of phenols is 2. The summed E-state index contributed by atoms with van der Waals surface area (Å²) >= 11 is 18.6. The molecule has 0 heterocycles. The van der Waals surface area contributed by atoms with Crippen LogP contribution in [-0.2, 0) is 0 Å². The third kappa shape index (κ3) is 13.7. The second kappa shape index (κ2) is 21.5. The zero-order valence-electron chi connectivity index (χ0n) is 27.9. The highest BCUT2D eigenvalue weighted by atomic mass is 79.9. The maximum Gasteiger partial charge on any atom is 0.150 e. The van der Waals surface area contributed by atoms with Gasteiger partial charge in [-0.1, -0.05) is 118 Å². The van der Waals surface area contributed by atoms with Crippen LogP contribution in [-0.4, -0.2) is 29.6 Å². The van der Waals surface area contributed by atoms with E-state index >= 15 is 0 Å². The summed E-state index contributed by atoms with van der Waals surface area (Å²) in [6.07, 6.45) is 6.13. The van der Waals surface area contributed by atoms with Gasteiger partial charge in [-0.15, -0.1) is 0 Å². The average molecular weight is 884 g/mol. The Morgan fingerprint density at radius 2 is 1.25 bits per heavy atom. The van der Waals surface area contributed by atoms with Crippen molar-refractivity contribution in [3.05, 3.63) is 151 Å². The summed E-state index contributed by atoms with van der Waals surface area (Å²) in [5, 5.41) is 29.3. The molecule has 6 aromatic carbocycles. The fourth-order valence-electron chi connectivity index (χ4n) is 5.36. The molecule has 6 aromatic rings. The van der Waals surface area contributed by atoms with Crippen molar-refractivity contribution in [1.82, 2.24) is 5.32 Å². The predicted molar refractivity (Wildman–Crippen MR) is 233 cm³/mol. The number of fused-ring (bicyclic) bond motifs is 2. The maximum atomic E-state index is 10.7. The highest BCUT2D eigenvalue weighted by molar-refractivity contribution is 9.10. The zero-order valence-corrected chi connectivity index (χ0v) is 32.6. The first-order valence-corrected chi connectivity index (χ1v) is 19.2. The summed E-state index contributed by atoms with van der Waals surface area (Å²) in [6.45, 7) is 1.87. The highest BCUT2D eigenvalue weighted by Gasteiger charge is 2.26. The largest absolute Gasteiger partial charge is 0.508 e. The van der Waals surface area contributed by atoms with Crippen molar-refractivity contribution < 1.29 is 15.0 Å². The molecular formula is C44H48Br2Cl2N2O3. The minimum absolute atomic E-state index is 0. The number of aromatic hydroxyl groups is 2. The van der Waals surface area contributed by atoms with Crippen LogP contribution < -0.4 is 11.1 Å². The topological polar surface area (TPSA) is 95.6 Å². The van der Waals surface area contributed by atoms with Crippen LogP contribution in [0.5, 0.6) is 11.5 Å². The van der Waals surface area contributed by atoms with Gasteiger partial charge in [-0.2, -0.15) is 0 Å². The number of phenolic OH excluding ortho intramolecular Hbond substituents is 2. The maximum absolute atomic E-state index is 10.7. The van der Waals surface area contributed by atoms with E-state index in [9.17, 15) is 15.0 Å². The Morgan fingerprint density at radius 1 is 0.698 bits per heavy atom. The normalized spacial score (nSPS) is 13.4. The Labute approximate surface area is 340 Å². The summed E-state index contributed by atoms with van der Waals surface area (Å²) < 4.78 is 2.03. The quantitative estimate of drug-likeness (QED) is 0.120. The van der Waals surface area contributed by atoms with Crippen LogP contribution in [0.25, 0.3) is 21.5 Å². The van der Waals surface area contributed by atoms with E-state index in [1.54, 1.807) is 42.5 Å². The van der Waals surface area contributed by atoms with Crippen molar-refractivity contribution in [3.8, 4) is 11.5 Å². The summed E-state index contributed by atoms with van der Waals surface area (Å²) in [4.78, 5) is 10.1. The molecule has 0 spiro atoms. The fraction of sp³-hybridized carbons (Fsp3) is 0.250. The Morgan fingerprint density at radius 3 is 1.81 bits per heavy atom. The summed E-state index contributed by atoms with van der Waals surface area (Å²) in [7, 11) is 0. The lowest BCUT2D eigenvalue weighted by Crippen LogP contribution is -2.25. The van der Waals surface area contributed by atoms with E-state index in [1.165, 1.54) is 25.7 Å². The number of hydrogen-bond donors (Lipinski definition) is 4. The van der Waals surface area contributed by atoms with Gasteiger partial charge in [0.05, 0.1) is 6.04 Å². The molecule has 1 unspecified atom stereocenters. The molecule has 2 aliphatic carbocycles. The van der Waals surface area contributed by atoms with Crippen LogP contribution in [0.3, 0.4) is 0 Å². The van der Waals surface area contributed by atoms with Crippen molar-refractivity contribution in [3.63, 3.8) is 0 Å². The molecule has 53 heavy (non-hydrogen) atoms. The van der Waals surface area contributed by atoms with Gasteiger partial charge >= 0.3 is 0 Å². The number of nitrogens with two attached hydrogens (primary N) is 1. The average Bonchev–Trinajstić information content (AvgIpc) is 4.07. The summed E-state index contributed by atoms with van der Waals surface area (Å²) in [6, 6.07) is 35.8. The second-order valence-corrected chi connectivity index (χ2v) is 15.4. The lowest BCUT2D eigenvalue weighted by molar-refractivity contribution is 0.112. The lowest BCUT2D eigenvalue weighted by Gasteiger charge is -2.23. The monoisotopic (exact) mass is 880 g/mol. The molecule has 280 valence electrons. The van der Waals surface area contributed by atoms with E-state index in [2.05, 4.69) is 49.3 Å².